The molecule has 198 valence electrons. The molecule has 2 aromatic heterocycles. The van der Waals surface area contributed by atoms with E-state index in [-0.39, 0.29) is 24.9 Å². The Kier molecular flexibility index (Phi) is 12.9. The van der Waals surface area contributed by atoms with Crippen molar-refractivity contribution >= 4 is 25.3 Å². The van der Waals surface area contributed by atoms with Gasteiger partial charge < -0.3 is 14.8 Å². The summed E-state index contributed by atoms with van der Waals surface area (Å²) in [6, 6.07) is 4.57. The molecule has 0 fully saturated rings. The molecule has 1 aliphatic rings. The zero-order valence-electron chi connectivity index (χ0n) is 20.6. The molecule has 0 amide bonds. The van der Waals surface area contributed by atoms with Gasteiger partial charge in [0.25, 0.3) is 0 Å². The molecule has 11 nitrogen and oxygen atoms in total. The Bertz CT molecular complexity index is 1060. The summed E-state index contributed by atoms with van der Waals surface area (Å²) < 4.78 is 25.6. The van der Waals surface area contributed by atoms with Gasteiger partial charge in [-0.1, -0.05) is 6.07 Å². The highest BCUT2D eigenvalue weighted by atomic mass is 31.1. The molecule has 0 radical (unpaired) electrons. The van der Waals surface area contributed by atoms with Crippen molar-refractivity contribution in [1.29, 1.82) is 0 Å². The van der Waals surface area contributed by atoms with Crippen LogP contribution < -0.4 is 10.1 Å². The minimum absolute atomic E-state index is 0. The van der Waals surface area contributed by atoms with E-state index in [1.165, 1.54) is 25.5 Å². The Balaban J connectivity index is 0.00000104. The number of pyridine rings is 1. The minimum Gasteiger partial charge on any atom is -0.467 e. The van der Waals surface area contributed by atoms with Crippen molar-refractivity contribution in [2.45, 2.75) is 70.6 Å². The molecule has 3 rings (SSSR count). The average molecular weight is 523 g/mol. The first-order valence-electron chi connectivity index (χ1n) is 11.9. The first kappa shape index (κ1) is 29.2. The number of unbranched alkanes of at least 4 members (excludes halogenated alkanes) is 1. The van der Waals surface area contributed by atoms with Gasteiger partial charge in [0.05, 0.1) is 7.11 Å². The predicted molar refractivity (Wildman–Crippen MR) is 134 cm³/mol. The van der Waals surface area contributed by atoms with Gasteiger partial charge in [-0.3, -0.25) is 4.79 Å². The molecule has 2 aromatic rings. The number of aryl methyl sites for hydroxylation is 2. The summed E-state index contributed by atoms with van der Waals surface area (Å²) in [6.07, 6.45) is 10.5. The lowest BCUT2D eigenvalue weighted by Gasteiger charge is -2.15. The molecule has 2 N–H and O–H groups in total. The van der Waals surface area contributed by atoms with E-state index in [0.717, 1.165) is 49.3 Å². The first-order chi connectivity index (χ1) is 17.3. The van der Waals surface area contributed by atoms with Crippen LogP contribution in [0.4, 0.5) is 5.82 Å². The number of ketones is 2. The number of anilines is 1. The molecule has 1 aliphatic heterocycles. The van der Waals surface area contributed by atoms with E-state index in [0.29, 0.717) is 19.3 Å². The third-order valence-corrected chi connectivity index (χ3v) is 5.85. The van der Waals surface area contributed by atoms with Crippen LogP contribution in [0.1, 0.15) is 76.0 Å². The molecule has 36 heavy (non-hydrogen) atoms. The summed E-state index contributed by atoms with van der Waals surface area (Å²) in [7, 11) is -1.54. The Morgan fingerprint density at radius 1 is 1.17 bits per heavy atom. The number of ether oxygens (including phenoxy) is 1. The average Bonchev–Trinajstić information content (AvgIpc) is 3.11. The van der Waals surface area contributed by atoms with Crippen LogP contribution in [0.2, 0.25) is 0 Å². The molecule has 1 atom stereocenters. The number of carbonyl (C=O) groups is 2. The van der Waals surface area contributed by atoms with Crippen molar-refractivity contribution in [3.8, 4) is 6.01 Å². The van der Waals surface area contributed by atoms with Gasteiger partial charge in [-0.15, -0.1) is 4.67 Å². The largest absolute Gasteiger partial charge is 0.496 e. The molecule has 0 aliphatic carbocycles. The predicted octanol–water partition coefficient (Wildman–Crippen LogP) is 4.87. The fraction of sp³-hybridized carbons (Fsp3) is 0.542. The van der Waals surface area contributed by atoms with E-state index in [1.807, 2.05) is 0 Å². The van der Waals surface area contributed by atoms with Crippen LogP contribution in [0.5, 0.6) is 6.01 Å². The second-order valence-electron chi connectivity index (χ2n) is 8.56. The van der Waals surface area contributed by atoms with Crippen LogP contribution >= 0.6 is 7.91 Å². The summed E-state index contributed by atoms with van der Waals surface area (Å²) in [6.45, 7) is 2.53. The van der Waals surface area contributed by atoms with E-state index in [1.54, 1.807) is 19.3 Å². The number of methoxy groups -OCH3 is 1. The zero-order chi connectivity index (χ0) is 26.3. The van der Waals surface area contributed by atoms with Crippen LogP contribution in [0.15, 0.2) is 24.5 Å². The number of nitrogens with one attached hydrogen (secondary N) is 1. The highest BCUT2D eigenvalue weighted by Crippen LogP contribution is 2.25. The third kappa shape index (κ3) is 10.7. The van der Waals surface area contributed by atoms with Crippen LogP contribution in [0.3, 0.4) is 0 Å². The fourth-order valence-electron chi connectivity index (χ4n) is 3.97. The maximum atomic E-state index is 12.6. The van der Waals surface area contributed by atoms with Gasteiger partial charge in [-0.25, -0.2) is 29.3 Å². The Labute approximate surface area is 212 Å². The fourth-order valence-corrected chi connectivity index (χ4v) is 3.97. The molecule has 0 bridgehead atoms. The highest BCUT2D eigenvalue weighted by molar-refractivity contribution is 7.24. The summed E-state index contributed by atoms with van der Waals surface area (Å²) in [5.74, 6) is 1.06. The Morgan fingerprint density at radius 3 is 2.53 bits per heavy atom. The topological polar surface area (TPSA) is 158 Å². The Morgan fingerprint density at radius 2 is 1.89 bits per heavy atom. The van der Waals surface area contributed by atoms with E-state index >= 15 is 0 Å². The third-order valence-electron chi connectivity index (χ3n) is 5.72. The molecule has 0 unspecified atom stereocenters. The standard InChI is InChI=1S/C24H32N4O3.HO4P.H2/c1-17(29)13-19(20-15-26-24(31-2)27-16-20)14-22(30)9-4-3-8-21-11-10-18-7-5-6-12-25-23(18)28-21;1-4-5(2)3;/h10-11,15-16,19H,3-9,12-14H2,1-2H3,(H,25,28);1H;1H/t19-;;/m1../s1. The normalized spacial score (nSPS) is 13.2. The molecule has 0 saturated heterocycles. The second-order valence-corrected chi connectivity index (χ2v) is 9.17. The van der Waals surface area contributed by atoms with Crippen LogP contribution in [0.25, 0.3) is 0 Å². The van der Waals surface area contributed by atoms with Gasteiger partial charge in [0, 0.05) is 51.2 Å². The number of carbonyl (C=O) groups excluding carboxylic acids is 2. The highest BCUT2D eigenvalue weighted by Gasteiger charge is 2.19. The summed E-state index contributed by atoms with van der Waals surface area (Å²) in [5.41, 5.74) is 3.17. The maximum Gasteiger partial charge on any atom is 0.496 e. The SMILES string of the molecule is COc1ncc([C@H](CC(C)=O)CC(=O)CCCCc2ccc3c(n2)NCCCC3)cn1.O=P(=O)OO.[HH]. The van der Waals surface area contributed by atoms with E-state index in [9.17, 15) is 9.59 Å². The number of rotatable bonds is 12. The summed E-state index contributed by atoms with van der Waals surface area (Å²) >= 11 is 0. The van der Waals surface area contributed by atoms with Crippen molar-refractivity contribution in [2.24, 2.45) is 0 Å². The van der Waals surface area contributed by atoms with Gasteiger partial charge >= 0.3 is 13.9 Å². The minimum atomic E-state index is -3.04. The van der Waals surface area contributed by atoms with Crippen molar-refractivity contribution in [2.75, 3.05) is 19.0 Å². The lowest BCUT2D eigenvalue weighted by Crippen LogP contribution is -2.11. The monoisotopic (exact) mass is 522 g/mol. The molecule has 0 saturated carbocycles. The zero-order valence-corrected chi connectivity index (χ0v) is 21.5. The molecule has 0 aromatic carbocycles. The molecular weight excluding hydrogens is 487 g/mol. The van der Waals surface area contributed by atoms with Gasteiger partial charge in [0.1, 0.15) is 17.4 Å². The lowest BCUT2D eigenvalue weighted by molar-refractivity contribution is -0.132. The number of Topliss-reactive ketones (excluding diaryl/α,β-unsaturated/α-hetero) is 2. The smallest absolute Gasteiger partial charge is 0.467 e. The number of nitrogens with zero attached hydrogens (tertiary/aromatic N) is 3. The first-order valence-corrected chi connectivity index (χ1v) is 13.0. The van der Waals surface area contributed by atoms with Gasteiger partial charge in [-0.05, 0) is 62.6 Å². The number of hydrogen-bond acceptors (Lipinski definition) is 11. The second kappa shape index (κ2) is 15.9. The van der Waals surface area contributed by atoms with Crippen molar-refractivity contribution < 1.29 is 34.8 Å². The van der Waals surface area contributed by atoms with Crippen molar-refractivity contribution in [3.63, 3.8) is 0 Å². The van der Waals surface area contributed by atoms with Crippen LogP contribution in [0, 0.1) is 0 Å². The molecule has 12 heteroatoms. The van der Waals surface area contributed by atoms with Gasteiger partial charge in [-0.2, -0.15) is 0 Å². The Hall–Kier alpha value is -3.01. The lowest BCUT2D eigenvalue weighted by atomic mass is 9.90. The number of aromatic nitrogens is 3. The van der Waals surface area contributed by atoms with E-state index in [2.05, 4.69) is 32.1 Å². The van der Waals surface area contributed by atoms with Gasteiger partial charge in [0.2, 0.25) is 0 Å². The van der Waals surface area contributed by atoms with Gasteiger partial charge in [0.15, 0.2) is 0 Å². The molecular formula is C24H35N4O7P. The molecule has 3 heterocycles. The maximum absolute atomic E-state index is 12.6. The van der Waals surface area contributed by atoms with E-state index in [4.69, 9.17) is 24.1 Å². The quantitative estimate of drug-likeness (QED) is 0.169. The summed E-state index contributed by atoms with van der Waals surface area (Å²) in [4.78, 5) is 37.2. The van der Waals surface area contributed by atoms with E-state index < -0.39 is 7.91 Å². The van der Waals surface area contributed by atoms with Crippen molar-refractivity contribution in [3.05, 3.63) is 41.3 Å². The number of fused-ring (bicyclic) bond motifs is 1. The van der Waals surface area contributed by atoms with Crippen LogP contribution in [-0.2, 0) is 36.2 Å². The molecule has 0 spiro atoms. The summed E-state index contributed by atoms with van der Waals surface area (Å²) in [5, 5.41) is 10.5. The van der Waals surface area contributed by atoms with Crippen molar-refractivity contribution in [1.82, 2.24) is 15.0 Å². The van der Waals surface area contributed by atoms with Crippen LogP contribution in [-0.4, -0.2) is 45.4 Å². The number of hydrogen-bond donors (Lipinski definition) is 2.